The largest absolute Gasteiger partial charge is 2.00 e. The number of phenolic OH excluding ortho intramolecular Hbond substituents is 1. The molecule has 6 aromatic heterocycles. The van der Waals surface area contributed by atoms with E-state index >= 15 is 0 Å². The second-order valence-electron chi connectivity index (χ2n) is 25.1. The summed E-state index contributed by atoms with van der Waals surface area (Å²) in [7, 11) is 0. The summed E-state index contributed by atoms with van der Waals surface area (Å²) < 4.78 is 35.6. The Hall–Kier alpha value is -14.3. The molecule has 0 spiro atoms. The molecule has 0 fully saturated rings. The second kappa shape index (κ2) is 40.1. The van der Waals surface area contributed by atoms with Gasteiger partial charge in [0.1, 0.15) is 28.7 Å². The van der Waals surface area contributed by atoms with Gasteiger partial charge in [0.05, 0.1) is 30.0 Å². The fourth-order valence-electron chi connectivity index (χ4n) is 11.8. The van der Waals surface area contributed by atoms with Crippen molar-refractivity contribution in [2.75, 3.05) is 0 Å². The maximum Gasteiger partial charge on any atom is 2.00 e. The zero-order valence-corrected chi connectivity index (χ0v) is 64.2. The topological polar surface area (TPSA) is 159 Å². The third-order valence-corrected chi connectivity index (χ3v) is 17.8. The van der Waals surface area contributed by atoms with Gasteiger partial charge in [-0.3, -0.25) is 4.68 Å². The molecule has 17 heteroatoms. The maximum atomic E-state index is 9.60. The number of hydrogen-bond acceptors (Lipinski definition) is 12. The molecule has 0 bridgehead atoms. The Bertz CT molecular complexity index is 5760. The molecule has 566 valence electrons. The molecule has 115 heavy (non-hydrogen) atoms. The molecule has 0 atom stereocenters. The standard InChI is InChI=1S/C32H23N3O2.C32H21N3O2.C21H16N2O.C11H8BrNO.2CH4.Pt/c2*1-2-8-24(9-3-1)25-15-17-26(18-16-25)27-22-34-35(23-27)28-10-6-11-29(20-28)36-30-12-7-13-31(21-30)37-32-14-4-5-19-33-32;24-21-8-4-7-20(13-21)23-15-19(14-22-23)18-11-9-17(10-12-18)16-5-2-1-3-6-16;12-9-4-3-5-10(8-9)14-11-6-1-2-7-13-11;;;/h1-23H;1-19,22-23H;1-15,24H;1-8H;2*1H4;/q;-2;;;;;+2. The molecule has 6 heterocycles. The van der Waals surface area contributed by atoms with E-state index < -0.39 is 0 Å². The number of hydrogen-bond donors (Lipinski definition) is 1. The molecule has 12 aromatic carbocycles. The third kappa shape index (κ3) is 22.3. The molecular formula is C98H76BrN9O6Pt. The summed E-state index contributed by atoms with van der Waals surface area (Å²) in [5, 5.41) is 23.1. The summed E-state index contributed by atoms with van der Waals surface area (Å²) in [6.45, 7) is 0. The summed E-state index contributed by atoms with van der Waals surface area (Å²) in [6.07, 6.45) is 16.6. The maximum absolute atomic E-state index is 9.60. The summed E-state index contributed by atoms with van der Waals surface area (Å²) in [5.41, 5.74) is 16.1. The summed E-state index contributed by atoms with van der Waals surface area (Å²) >= 11 is 3.38. The molecule has 18 aromatic rings. The van der Waals surface area contributed by atoms with Crippen molar-refractivity contribution in [1.29, 1.82) is 0 Å². The van der Waals surface area contributed by atoms with Gasteiger partial charge in [0.15, 0.2) is 0 Å². The first-order chi connectivity index (χ1) is 55.2. The second-order valence-corrected chi connectivity index (χ2v) is 26.0. The van der Waals surface area contributed by atoms with Crippen LogP contribution in [0.4, 0.5) is 0 Å². The number of halogens is 1. The predicted octanol–water partition coefficient (Wildman–Crippen LogP) is 25.8. The van der Waals surface area contributed by atoms with Crippen molar-refractivity contribution in [2.45, 2.75) is 14.9 Å². The minimum atomic E-state index is 0. The molecule has 0 aliphatic heterocycles. The first-order valence-electron chi connectivity index (χ1n) is 35.8. The van der Waals surface area contributed by atoms with Crippen LogP contribution in [0.5, 0.6) is 63.6 Å². The zero-order chi connectivity index (χ0) is 75.9. The van der Waals surface area contributed by atoms with Gasteiger partial charge in [-0.15, -0.1) is 30.3 Å². The zero-order valence-electron chi connectivity index (χ0n) is 60.4. The van der Waals surface area contributed by atoms with Crippen molar-refractivity contribution in [3.05, 3.63) is 424 Å². The van der Waals surface area contributed by atoms with E-state index in [0.717, 1.165) is 60.7 Å². The first-order valence-corrected chi connectivity index (χ1v) is 36.6. The number of pyridine rings is 3. The van der Waals surface area contributed by atoms with Gasteiger partial charge in [0.2, 0.25) is 17.6 Å². The smallest absolute Gasteiger partial charge is 0.509 e. The molecular weight excluding hydrogens is 1670 g/mol. The van der Waals surface area contributed by atoms with E-state index in [1.54, 1.807) is 58.3 Å². The van der Waals surface area contributed by atoms with Gasteiger partial charge in [0.25, 0.3) is 0 Å². The molecule has 0 radical (unpaired) electrons. The van der Waals surface area contributed by atoms with E-state index in [1.165, 1.54) is 33.4 Å². The Kier molecular flexibility index (Phi) is 27.9. The van der Waals surface area contributed by atoms with Crippen molar-refractivity contribution in [3.63, 3.8) is 0 Å². The van der Waals surface area contributed by atoms with E-state index in [4.69, 9.17) is 23.7 Å². The van der Waals surface area contributed by atoms with Crippen LogP contribution in [0, 0.1) is 12.1 Å². The third-order valence-electron chi connectivity index (χ3n) is 17.3. The number of benzene rings is 12. The number of ether oxygens (including phenoxy) is 5. The quantitative estimate of drug-likeness (QED) is 0.0765. The van der Waals surface area contributed by atoms with Crippen molar-refractivity contribution in [2.24, 2.45) is 0 Å². The molecule has 0 aliphatic rings. The van der Waals surface area contributed by atoms with Crippen LogP contribution in [-0.4, -0.2) is 49.4 Å². The van der Waals surface area contributed by atoms with Crippen LogP contribution in [0.15, 0.2) is 412 Å². The first kappa shape index (κ1) is 80.2. The number of phenols is 1. The molecule has 0 unspecified atom stereocenters. The number of aromatic hydroxyl groups is 1. The summed E-state index contributed by atoms with van der Waals surface area (Å²) in [5.74, 6) is 6.25. The van der Waals surface area contributed by atoms with Crippen LogP contribution in [0.1, 0.15) is 14.9 Å². The number of aromatic nitrogens is 9. The SMILES string of the molecule is Brc1cccc(Oc2ccccn2)c1.C.C.Oc1cccc(-n2cc(-c3ccc(-c4ccccc4)cc3)cn2)c1.[Pt+2].[c-]1c(Oc2[c-]c(-n3cc(-c4ccc(-c5ccccc5)cc4)cn3)ccc2)cccc1Oc1ccccn1.c1ccc(-c2ccc(-c3cnn(-c4cccc(Oc5cccc(Oc6ccccn6)c5)c4)c3)cc2)cc1. The average molecular weight is 1750 g/mol. The molecule has 1 N–H and O–H groups in total. The van der Waals surface area contributed by atoms with Gasteiger partial charge >= 0.3 is 21.1 Å². The minimum absolute atomic E-state index is 0. The predicted molar refractivity (Wildman–Crippen MR) is 456 cm³/mol. The van der Waals surface area contributed by atoms with Gasteiger partial charge < -0.3 is 28.8 Å². The van der Waals surface area contributed by atoms with Crippen LogP contribution in [0.3, 0.4) is 0 Å². The van der Waals surface area contributed by atoms with E-state index in [-0.39, 0.29) is 41.7 Å². The summed E-state index contributed by atoms with van der Waals surface area (Å²) in [4.78, 5) is 12.4. The van der Waals surface area contributed by atoms with Crippen LogP contribution < -0.4 is 23.7 Å². The molecule has 0 saturated carbocycles. The van der Waals surface area contributed by atoms with Crippen molar-refractivity contribution < 1.29 is 49.9 Å². The van der Waals surface area contributed by atoms with Crippen LogP contribution in [-0.2, 0) is 21.1 Å². The van der Waals surface area contributed by atoms with E-state index in [1.807, 2.05) is 242 Å². The van der Waals surface area contributed by atoms with Gasteiger partial charge in [-0.25, -0.2) is 24.3 Å². The number of rotatable bonds is 19. The van der Waals surface area contributed by atoms with Crippen LogP contribution in [0.25, 0.3) is 83.8 Å². The van der Waals surface area contributed by atoms with Crippen LogP contribution >= 0.6 is 15.9 Å². The molecule has 0 aliphatic carbocycles. The number of nitrogens with zero attached hydrogens (tertiary/aromatic N) is 9. The van der Waals surface area contributed by atoms with Crippen molar-refractivity contribution >= 4 is 15.9 Å². The minimum Gasteiger partial charge on any atom is -0.509 e. The molecule has 15 nitrogen and oxygen atoms in total. The van der Waals surface area contributed by atoms with E-state index in [9.17, 15) is 5.11 Å². The normalized spacial score (nSPS) is 10.3. The Morgan fingerprint density at radius 3 is 1.06 bits per heavy atom. The molecule has 0 saturated heterocycles. The Morgan fingerprint density at radius 1 is 0.270 bits per heavy atom. The van der Waals surface area contributed by atoms with Gasteiger partial charge in [0, 0.05) is 112 Å². The monoisotopic (exact) mass is 1750 g/mol. The molecule has 0 amide bonds. The van der Waals surface area contributed by atoms with E-state index in [2.05, 4.69) is 180 Å². The summed E-state index contributed by atoms with van der Waals surface area (Å²) in [6, 6.07) is 121. The Morgan fingerprint density at radius 2 is 0.609 bits per heavy atom. The van der Waals surface area contributed by atoms with Gasteiger partial charge in [-0.05, 0) is 129 Å². The van der Waals surface area contributed by atoms with Crippen molar-refractivity contribution in [3.8, 4) is 147 Å². The average Bonchev–Trinajstić information content (AvgIpc) is 1.73. The molecule has 18 rings (SSSR count). The van der Waals surface area contributed by atoms with Gasteiger partial charge in [-0.1, -0.05) is 243 Å². The van der Waals surface area contributed by atoms with Crippen LogP contribution in [0.2, 0.25) is 0 Å². The Balaban J connectivity index is 0.000000148. The van der Waals surface area contributed by atoms with Gasteiger partial charge in [-0.2, -0.15) is 27.4 Å². The van der Waals surface area contributed by atoms with E-state index in [0.29, 0.717) is 52.1 Å². The fourth-order valence-corrected chi connectivity index (χ4v) is 12.1. The fraction of sp³-hybridized carbons (Fsp3) is 0.0204. The Labute approximate surface area is 691 Å². The van der Waals surface area contributed by atoms with Crippen molar-refractivity contribution in [1.82, 2.24) is 44.3 Å².